The fraction of sp³-hybridized carbons (Fsp3) is 0.583. The van der Waals surface area contributed by atoms with Crippen molar-refractivity contribution in [2.75, 3.05) is 13.1 Å². The van der Waals surface area contributed by atoms with Gasteiger partial charge in [0.25, 0.3) is 5.91 Å². The number of aromatic nitrogens is 1. The summed E-state index contributed by atoms with van der Waals surface area (Å²) in [6.07, 6.45) is 1.43. The van der Waals surface area contributed by atoms with E-state index in [1.807, 2.05) is 13.8 Å². The van der Waals surface area contributed by atoms with Crippen LogP contribution in [0.5, 0.6) is 0 Å². The van der Waals surface area contributed by atoms with Crippen LogP contribution in [0.1, 0.15) is 24.3 Å². The fourth-order valence-corrected chi connectivity index (χ4v) is 4.20. The molecule has 3 N–H and O–H groups in total. The molecule has 1 amide bonds. The molecule has 1 aliphatic rings. The van der Waals surface area contributed by atoms with Crippen LogP contribution < -0.4 is 11.1 Å². The third-order valence-corrected chi connectivity index (χ3v) is 5.77. The minimum atomic E-state index is -3.61. The van der Waals surface area contributed by atoms with E-state index in [1.54, 1.807) is 7.05 Å². The Kier molecular flexibility index (Phi) is 3.90. The smallest absolute Gasteiger partial charge is 0.265 e. The summed E-state index contributed by atoms with van der Waals surface area (Å²) in [4.78, 5) is 11.3. The fourth-order valence-electron chi connectivity index (χ4n) is 2.42. The summed E-state index contributed by atoms with van der Waals surface area (Å²) in [5, 5.41) is 3.23. The number of aryl methyl sites for hydroxylation is 1. The average Bonchev–Trinajstić information content (AvgIpc) is 2.75. The van der Waals surface area contributed by atoms with Gasteiger partial charge in [-0.15, -0.1) is 0 Å². The lowest BCUT2D eigenvalue weighted by Gasteiger charge is -2.37. The third kappa shape index (κ3) is 2.46. The molecule has 2 unspecified atom stereocenters. The van der Waals surface area contributed by atoms with E-state index < -0.39 is 15.9 Å². The molecule has 2 atom stereocenters. The predicted octanol–water partition coefficient (Wildman–Crippen LogP) is -0.505. The maximum Gasteiger partial charge on any atom is 0.265 e. The number of carbonyl (C=O) groups is 1. The second-order valence-corrected chi connectivity index (χ2v) is 7.03. The topological polar surface area (TPSA) is 97.4 Å². The van der Waals surface area contributed by atoms with Gasteiger partial charge in [-0.3, -0.25) is 4.79 Å². The predicted molar refractivity (Wildman–Crippen MR) is 74.7 cm³/mol. The molecule has 112 valence electrons. The van der Waals surface area contributed by atoms with Crippen LogP contribution >= 0.6 is 0 Å². The van der Waals surface area contributed by atoms with Crippen molar-refractivity contribution < 1.29 is 13.2 Å². The highest BCUT2D eigenvalue weighted by atomic mass is 32.2. The zero-order valence-corrected chi connectivity index (χ0v) is 12.6. The van der Waals surface area contributed by atoms with Crippen LogP contribution in [0.3, 0.4) is 0 Å². The SMILES string of the molecule is CC1NCCN(S(=O)(=O)c2cc(C(N)=O)n(C)c2)C1C. The van der Waals surface area contributed by atoms with E-state index in [2.05, 4.69) is 5.32 Å². The number of carbonyl (C=O) groups excluding carboxylic acids is 1. The van der Waals surface area contributed by atoms with Crippen molar-refractivity contribution in [3.05, 3.63) is 18.0 Å². The third-order valence-electron chi connectivity index (χ3n) is 3.82. The van der Waals surface area contributed by atoms with Gasteiger partial charge in [0.05, 0.1) is 0 Å². The number of nitrogens with two attached hydrogens (primary N) is 1. The van der Waals surface area contributed by atoms with Gasteiger partial charge in [0.15, 0.2) is 0 Å². The zero-order chi connectivity index (χ0) is 15.1. The molecular formula is C12H20N4O3S. The number of nitrogens with zero attached hydrogens (tertiary/aromatic N) is 2. The molecule has 0 aliphatic carbocycles. The summed E-state index contributed by atoms with van der Waals surface area (Å²) in [7, 11) is -2.01. The van der Waals surface area contributed by atoms with Crippen molar-refractivity contribution in [1.29, 1.82) is 0 Å². The highest BCUT2D eigenvalue weighted by Gasteiger charge is 2.35. The van der Waals surface area contributed by atoms with Crippen LogP contribution in [0, 0.1) is 0 Å². The molecule has 0 bridgehead atoms. The van der Waals surface area contributed by atoms with E-state index in [1.165, 1.54) is 21.1 Å². The number of rotatable bonds is 3. The Morgan fingerprint density at radius 2 is 2.10 bits per heavy atom. The first-order valence-electron chi connectivity index (χ1n) is 6.46. The molecule has 1 fully saturated rings. The number of piperazine rings is 1. The first kappa shape index (κ1) is 15.0. The molecule has 0 saturated carbocycles. The maximum absolute atomic E-state index is 12.7. The van der Waals surface area contributed by atoms with Gasteiger partial charge in [0, 0.05) is 38.4 Å². The summed E-state index contributed by atoms with van der Waals surface area (Å²) < 4.78 is 28.2. The Morgan fingerprint density at radius 3 is 2.65 bits per heavy atom. The summed E-state index contributed by atoms with van der Waals surface area (Å²) >= 11 is 0. The molecule has 2 heterocycles. The Morgan fingerprint density at radius 1 is 1.45 bits per heavy atom. The molecule has 0 spiro atoms. The van der Waals surface area contributed by atoms with Crippen LogP contribution in [-0.2, 0) is 17.1 Å². The summed E-state index contributed by atoms with van der Waals surface area (Å²) in [5.41, 5.74) is 5.40. The van der Waals surface area contributed by atoms with E-state index in [0.29, 0.717) is 13.1 Å². The largest absolute Gasteiger partial charge is 0.364 e. The monoisotopic (exact) mass is 300 g/mol. The molecule has 7 nitrogen and oxygen atoms in total. The van der Waals surface area contributed by atoms with Crippen molar-refractivity contribution in [3.8, 4) is 0 Å². The Labute approximate surface area is 118 Å². The van der Waals surface area contributed by atoms with Gasteiger partial charge in [-0.1, -0.05) is 0 Å². The van der Waals surface area contributed by atoms with Gasteiger partial charge in [-0.2, -0.15) is 4.31 Å². The van der Waals surface area contributed by atoms with Gasteiger partial charge in [-0.05, 0) is 19.9 Å². The lowest BCUT2D eigenvalue weighted by Crippen LogP contribution is -2.56. The standard InChI is InChI=1S/C12H20N4O3S/c1-8-9(2)16(5-4-14-8)20(18,19)10-6-11(12(13)17)15(3)7-10/h6-9,14H,4-5H2,1-3H3,(H2,13,17). The Balaban J connectivity index is 2.40. The van der Waals surface area contributed by atoms with Crippen molar-refractivity contribution in [1.82, 2.24) is 14.2 Å². The molecule has 2 rings (SSSR count). The quantitative estimate of drug-likeness (QED) is 0.786. The van der Waals surface area contributed by atoms with Crippen LogP contribution in [0.4, 0.5) is 0 Å². The second-order valence-electron chi connectivity index (χ2n) is 5.14. The van der Waals surface area contributed by atoms with Gasteiger partial charge in [0.1, 0.15) is 10.6 Å². The maximum atomic E-state index is 12.7. The highest BCUT2D eigenvalue weighted by molar-refractivity contribution is 7.89. The molecule has 0 radical (unpaired) electrons. The number of hydrogen-bond donors (Lipinski definition) is 2. The molecule has 1 aliphatic heterocycles. The number of sulfonamides is 1. The Bertz CT molecular complexity index is 623. The molecule has 1 aromatic rings. The normalized spacial score (nSPS) is 24.8. The van der Waals surface area contributed by atoms with E-state index in [-0.39, 0.29) is 22.7 Å². The van der Waals surface area contributed by atoms with Gasteiger partial charge < -0.3 is 15.6 Å². The van der Waals surface area contributed by atoms with Gasteiger partial charge >= 0.3 is 0 Å². The summed E-state index contributed by atoms with van der Waals surface area (Å²) in [6.45, 7) is 4.84. The molecule has 0 aromatic carbocycles. The van der Waals surface area contributed by atoms with Crippen LogP contribution in [0.15, 0.2) is 17.2 Å². The molecule has 8 heteroatoms. The van der Waals surface area contributed by atoms with Crippen molar-refractivity contribution in [2.45, 2.75) is 30.8 Å². The van der Waals surface area contributed by atoms with Crippen LogP contribution in [-0.4, -0.2) is 48.4 Å². The zero-order valence-electron chi connectivity index (χ0n) is 11.8. The molecule has 1 saturated heterocycles. The number of primary amides is 1. The molecular weight excluding hydrogens is 280 g/mol. The number of amides is 1. The van der Waals surface area contributed by atoms with Gasteiger partial charge in [0.2, 0.25) is 10.0 Å². The first-order chi connectivity index (χ1) is 9.25. The van der Waals surface area contributed by atoms with Gasteiger partial charge in [-0.25, -0.2) is 8.42 Å². The van der Waals surface area contributed by atoms with E-state index in [0.717, 1.165) is 0 Å². The summed E-state index contributed by atoms with van der Waals surface area (Å²) in [5.74, 6) is -0.643. The van der Waals surface area contributed by atoms with Crippen molar-refractivity contribution >= 4 is 15.9 Å². The highest BCUT2D eigenvalue weighted by Crippen LogP contribution is 2.22. The van der Waals surface area contributed by atoms with E-state index in [9.17, 15) is 13.2 Å². The second kappa shape index (κ2) is 5.19. The van der Waals surface area contributed by atoms with Crippen molar-refractivity contribution in [2.24, 2.45) is 12.8 Å². The van der Waals surface area contributed by atoms with Crippen LogP contribution in [0.25, 0.3) is 0 Å². The minimum absolute atomic E-state index is 0.0813. The molecule has 20 heavy (non-hydrogen) atoms. The first-order valence-corrected chi connectivity index (χ1v) is 7.90. The number of hydrogen-bond acceptors (Lipinski definition) is 4. The molecule has 1 aromatic heterocycles. The number of nitrogens with one attached hydrogen (secondary N) is 1. The lowest BCUT2D eigenvalue weighted by atomic mass is 10.1. The average molecular weight is 300 g/mol. The van der Waals surface area contributed by atoms with Crippen LogP contribution in [0.2, 0.25) is 0 Å². The Hall–Kier alpha value is -1.38. The van der Waals surface area contributed by atoms with E-state index >= 15 is 0 Å². The van der Waals surface area contributed by atoms with E-state index in [4.69, 9.17) is 5.73 Å². The minimum Gasteiger partial charge on any atom is -0.364 e. The lowest BCUT2D eigenvalue weighted by molar-refractivity contribution is 0.0992. The van der Waals surface area contributed by atoms with Crippen molar-refractivity contribution in [3.63, 3.8) is 0 Å². The summed E-state index contributed by atoms with van der Waals surface area (Å²) in [6, 6.07) is 1.26.